The molecule has 1 aliphatic rings. The number of nitrogens with one attached hydrogen (secondary N) is 1. The first-order valence-corrected chi connectivity index (χ1v) is 7.77. The van der Waals surface area contributed by atoms with Gasteiger partial charge in [0.05, 0.1) is 18.8 Å². The average Bonchev–Trinajstić information content (AvgIpc) is 2.56. The Morgan fingerprint density at radius 1 is 0.955 bits per heavy atom. The number of hydrogen-bond donors (Lipinski definition) is 1. The van der Waals surface area contributed by atoms with Gasteiger partial charge in [0, 0.05) is 6.04 Å². The predicted molar refractivity (Wildman–Crippen MR) is 87.6 cm³/mol. The summed E-state index contributed by atoms with van der Waals surface area (Å²) in [6.07, 6.45) is 0.945. The van der Waals surface area contributed by atoms with Crippen LogP contribution in [-0.2, 0) is 15.9 Å². The molecule has 0 amide bonds. The lowest BCUT2D eigenvalue weighted by Crippen LogP contribution is -2.54. The van der Waals surface area contributed by atoms with Crippen molar-refractivity contribution in [3.8, 4) is 0 Å². The van der Waals surface area contributed by atoms with Gasteiger partial charge in [0.1, 0.15) is 6.79 Å². The molecule has 0 spiro atoms. The van der Waals surface area contributed by atoms with Crippen molar-refractivity contribution in [2.75, 3.05) is 20.0 Å². The monoisotopic (exact) mass is 297 g/mol. The number of ether oxygens (including phenoxy) is 2. The molecule has 2 aromatic rings. The number of hydrogen-bond acceptors (Lipinski definition) is 3. The van der Waals surface area contributed by atoms with Crippen molar-refractivity contribution in [1.82, 2.24) is 5.32 Å². The van der Waals surface area contributed by atoms with Gasteiger partial charge in [-0.05, 0) is 24.5 Å². The largest absolute Gasteiger partial charge is 0.353 e. The van der Waals surface area contributed by atoms with E-state index < -0.39 is 0 Å². The fourth-order valence-electron chi connectivity index (χ4n) is 2.93. The van der Waals surface area contributed by atoms with Crippen molar-refractivity contribution in [3.63, 3.8) is 0 Å². The molecule has 1 heterocycles. The van der Waals surface area contributed by atoms with Gasteiger partial charge in [0.15, 0.2) is 0 Å². The zero-order chi connectivity index (χ0) is 15.3. The smallest absolute Gasteiger partial charge is 0.146 e. The fourth-order valence-corrected chi connectivity index (χ4v) is 2.93. The molecule has 1 fully saturated rings. The van der Waals surface area contributed by atoms with Crippen LogP contribution in [0.1, 0.15) is 24.1 Å². The summed E-state index contributed by atoms with van der Waals surface area (Å²) in [4.78, 5) is 0. The highest BCUT2D eigenvalue weighted by Crippen LogP contribution is 2.23. The summed E-state index contributed by atoms with van der Waals surface area (Å²) in [5.41, 5.74) is 2.45. The maximum absolute atomic E-state index is 5.49. The summed E-state index contributed by atoms with van der Waals surface area (Å²) in [7, 11) is 0. The van der Waals surface area contributed by atoms with Crippen molar-refractivity contribution in [1.29, 1.82) is 0 Å². The van der Waals surface area contributed by atoms with Crippen LogP contribution in [0.3, 0.4) is 0 Å². The van der Waals surface area contributed by atoms with Gasteiger partial charge in [0.25, 0.3) is 0 Å². The maximum Gasteiger partial charge on any atom is 0.146 e. The van der Waals surface area contributed by atoms with Crippen LogP contribution in [0, 0.1) is 0 Å². The third-order valence-corrected chi connectivity index (χ3v) is 4.02. The Labute approximate surface area is 132 Å². The highest BCUT2D eigenvalue weighted by atomic mass is 16.7. The molecule has 0 radical (unpaired) electrons. The first-order chi connectivity index (χ1) is 10.8. The highest BCUT2D eigenvalue weighted by molar-refractivity contribution is 5.24. The Balaban J connectivity index is 1.80. The van der Waals surface area contributed by atoms with Gasteiger partial charge in [-0.25, -0.2) is 0 Å². The van der Waals surface area contributed by atoms with Crippen LogP contribution in [0.4, 0.5) is 0 Å². The molecule has 1 N–H and O–H groups in total. The lowest BCUT2D eigenvalue weighted by Gasteiger charge is -2.38. The Kier molecular flexibility index (Phi) is 4.88. The van der Waals surface area contributed by atoms with Crippen molar-refractivity contribution in [2.45, 2.75) is 24.9 Å². The summed E-state index contributed by atoms with van der Waals surface area (Å²) in [6, 6.07) is 21.4. The van der Waals surface area contributed by atoms with E-state index in [0.717, 1.165) is 6.42 Å². The SMILES string of the molecule is CC1(NC(Cc2ccccc2)c2ccccc2)COCOC1. The molecule has 0 aromatic heterocycles. The molecule has 22 heavy (non-hydrogen) atoms. The maximum atomic E-state index is 5.49. The minimum Gasteiger partial charge on any atom is -0.353 e. The summed E-state index contributed by atoms with van der Waals surface area (Å²) in [6.45, 7) is 3.90. The van der Waals surface area contributed by atoms with Gasteiger partial charge in [-0.15, -0.1) is 0 Å². The molecular weight excluding hydrogens is 274 g/mol. The van der Waals surface area contributed by atoms with E-state index >= 15 is 0 Å². The zero-order valence-electron chi connectivity index (χ0n) is 13.0. The van der Waals surface area contributed by atoms with Crippen molar-refractivity contribution >= 4 is 0 Å². The van der Waals surface area contributed by atoms with E-state index in [2.05, 4.69) is 72.9 Å². The minimum absolute atomic E-state index is 0.159. The summed E-state index contributed by atoms with van der Waals surface area (Å²) in [5, 5.41) is 3.75. The Bertz CT molecular complexity index is 565. The van der Waals surface area contributed by atoms with E-state index in [9.17, 15) is 0 Å². The first kappa shape index (κ1) is 15.2. The van der Waals surface area contributed by atoms with E-state index in [-0.39, 0.29) is 11.6 Å². The Morgan fingerprint density at radius 2 is 1.55 bits per heavy atom. The molecule has 3 rings (SSSR count). The first-order valence-electron chi connectivity index (χ1n) is 7.77. The van der Waals surface area contributed by atoms with E-state index in [1.165, 1.54) is 11.1 Å². The second-order valence-corrected chi connectivity index (χ2v) is 6.17. The molecule has 0 bridgehead atoms. The Hall–Kier alpha value is -1.68. The van der Waals surface area contributed by atoms with E-state index in [1.807, 2.05) is 0 Å². The molecular formula is C19H23NO2. The van der Waals surface area contributed by atoms with Gasteiger partial charge in [-0.1, -0.05) is 60.7 Å². The summed E-state index contributed by atoms with van der Waals surface area (Å²) in [5.74, 6) is 0. The van der Waals surface area contributed by atoms with Gasteiger partial charge >= 0.3 is 0 Å². The molecule has 1 atom stereocenters. The van der Waals surface area contributed by atoms with Crippen LogP contribution in [-0.4, -0.2) is 25.5 Å². The topological polar surface area (TPSA) is 30.5 Å². The Morgan fingerprint density at radius 3 is 2.18 bits per heavy atom. The van der Waals surface area contributed by atoms with E-state index in [1.54, 1.807) is 0 Å². The molecule has 1 saturated heterocycles. The quantitative estimate of drug-likeness (QED) is 0.918. The molecule has 1 unspecified atom stereocenters. The molecule has 1 aliphatic heterocycles. The fraction of sp³-hybridized carbons (Fsp3) is 0.368. The van der Waals surface area contributed by atoms with Gasteiger partial charge in [-0.3, -0.25) is 0 Å². The lowest BCUT2D eigenvalue weighted by atomic mass is 9.94. The van der Waals surface area contributed by atoms with Crippen LogP contribution in [0.25, 0.3) is 0 Å². The molecule has 3 nitrogen and oxygen atoms in total. The normalized spacial score (nSPS) is 18.8. The molecule has 116 valence electrons. The van der Waals surface area contributed by atoms with Gasteiger partial charge in [0.2, 0.25) is 0 Å². The standard InChI is InChI=1S/C19H23NO2/c1-19(13-21-15-22-14-19)20-18(17-10-6-3-7-11-17)12-16-8-4-2-5-9-16/h2-11,18,20H,12-15H2,1H3. The van der Waals surface area contributed by atoms with Gasteiger partial charge in [-0.2, -0.15) is 0 Å². The highest BCUT2D eigenvalue weighted by Gasteiger charge is 2.31. The van der Waals surface area contributed by atoms with Crippen LogP contribution >= 0.6 is 0 Å². The van der Waals surface area contributed by atoms with Crippen LogP contribution in [0.5, 0.6) is 0 Å². The van der Waals surface area contributed by atoms with Crippen LogP contribution in [0.15, 0.2) is 60.7 Å². The second kappa shape index (κ2) is 7.05. The van der Waals surface area contributed by atoms with E-state index in [0.29, 0.717) is 20.0 Å². The molecule has 2 aromatic carbocycles. The van der Waals surface area contributed by atoms with Crippen molar-refractivity contribution in [3.05, 3.63) is 71.8 Å². The summed E-state index contributed by atoms with van der Waals surface area (Å²) >= 11 is 0. The number of benzene rings is 2. The molecule has 0 aliphatic carbocycles. The third-order valence-electron chi connectivity index (χ3n) is 4.02. The lowest BCUT2D eigenvalue weighted by molar-refractivity contribution is -0.141. The zero-order valence-corrected chi connectivity index (χ0v) is 13.0. The summed E-state index contributed by atoms with van der Waals surface area (Å²) < 4.78 is 11.0. The van der Waals surface area contributed by atoms with Crippen LogP contribution in [0.2, 0.25) is 0 Å². The van der Waals surface area contributed by atoms with Crippen molar-refractivity contribution in [2.24, 2.45) is 0 Å². The minimum atomic E-state index is -0.159. The van der Waals surface area contributed by atoms with Gasteiger partial charge < -0.3 is 14.8 Å². The third kappa shape index (κ3) is 3.95. The molecule has 0 saturated carbocycles. The van der Waals surface area contributed by atoms with Crippen molar-refractivity contribution < 1.29 is 9.47 Å². The molecule has 3 heteroatoms. The van der Waals surface area contributed by atoms with Crippen LogP contribution < -0.4 is 5.32 Å². The average molecular weight is 297 g/mol. The van der Waals surface area contributed by atoms with E-state index in [4.69, 9.17) is 9.47 Å². The second-order valence-electron chi connectivity index (χ2n) is 6.17. The predicted octanol–water partition coefficient (Wildman–Crippen LogP) is 3.32. The number of rotatable bonds is 5.